The van der Waals surface area contributed by atoms with Crippen LogP contribution in [0.15, 0.2) is 9.98 Å². The molecular weight excluding hydrogens is 695 g/mol. The van der Waals surface area contributed by atoms with Gasteiger partial charge in [-0.1, -0.05) is 11.8 Å². The number of hydrogen-bond donors (Lipinski definition) is 2. The molecule has 0 aromatic rings. The zero-order chi connectivity index (χ0) is 27.1. The van der Waals surface area contributed by atoms with Crippen LogP contribution in [-0.2, 0) is 25.7 Å². The van der Waals surface area contributed by atoms with E-state index < -0.39 is 17.3 Å². The highest BCUT2D eigenvalue weighted by atomic mass is 32.3. The molecule has 0 spiro atoms. The standard InChI is InChI=1S/C17H33N3O6S11/c1-27-10-28-3-18-2-25-26-9-33-15-35-14-32-8-24-17(22)20-5-30-12-34-11-29-4-19-6-37(23)16-36-13-31-7-21/h2,6,21H,3-5,7-16H2,1H3,(H,20,22)/b18-2+,19-6+. The van der Waals surface area contributed by atoms with Gasteiger partial charge >= 0.3 is 6.09 Å². The number of amides is 1. The van der Waals surface area contributed by atoms with Crippen molar-refractivity contribution in [3.05, 3.63) is 0 Å². The molecular formula is C17H33N3O6S11. The second-order valence-corrected chi connectivity index (χ2v) is 18.9. The van der Waals surface area contributed by atoms with Crippen LogP contribution in [-0.4, -0.2) is 105 Å². The molecule has 0 saturated carbocycles. The monoisotopic (exact) mass is 727 g/mol. The van der Waals surface area contributed by atoms with Crippen molar-refractivity contribution in [3.63, 3.8) is 0 Å². The minimum Gasteiger partial charge on any atom is -0.610 e. The third kappa shape index (κ3) is 34.2. The number of rotatable bonds is 28. The molecule has 0 rings (SSSR count). The Morgan fingerprint density at radius 3 is 2.35 bits per heavy atom. The van der Waals surface area contributed by atoms with Gasteiger partial charge in [0, 0.05) is 41.7 Å². The summed E-state index contributed by atoms with van der Waals surface area (Å²) in [5, 5.41) is 17.0. The Kier molecular flexibility index (Phi) is 36.3. The molecule has 0 aliphatic rings. The summed E-state index contributed by atoms with van der Waals surface area (Å²) >= 11 is 15.2. The van der Waals surface area contributed by atoms with Gasteiger partial charge in [-0.3, -0.25) is 0 Å². The van der Waals surface area contributed by atoms with E-state index in [1.807, 2.05) is 0 Å². The topological polar surface area (TPSA) is 125 Å². The van der Waals surface area contributed by atoms with Gasteiger partial charge in [0.1, 0.15) is 11.9 Å². The highest BCUT2D eigenvalue weighted by molar-refractivity contribution is 8.24. The predicted molar refractivity (Wildman–Crippen MR) is 184 cm³/mol. The summed E-state index contributed by atoms with van der Waals surface area (Å²) in [5.41, 5.74) is 1.49. The maximum atomic E-state index is 11.7. The van der Waals surface area contributed by atoms with Crippen LogP contribution >= 0.6 is 118 Å². The quantitative estimate of drug-likeness (QED) is 0.0190. The molecule has 0 radical (unpaired) electrons. The van der Waals surface area contributed by atoms with Gasteiger partial charge in [-0.05, 0) is 6.26 Å². The Morgan fingerprint density at radius 2 is 1.57 bits per heavy atom. The molecule has 218 valence electrons. The number of nitrogens with one attached hydrogen (secondary N) is 1. The molecule has 0 aromatic carbocycles. The van der Waals surface area contributed by atoms with Crippen molar-refractivity contribution in [2.45, 2.75) is 0 Å². The van der Waals surface area contributed by atoms with Gasteiger partial charge in [0.25, 0.3) is 0 Å². The molecule has 0 bridgehead atoms. The average Bonchev–Trinajstić information content (AvgIpc) is 2.90. The first-order valence-electron chi connectivity index (χ1n) is 10.0. The van der Waals surface area contributed by atoms with E-state index in [0.29, 0.717) is 34.6 Å². The number of aliphatic imine (C=N–C) groups is 2. The average molecular weight is 728 g/mol. The zero-order valence-corrected chi connectivity index (χ0v) is 29.2. The van der Waals surface area contributed by atoms with Gasteiger partial charge in [0.15, 0.2) is 5.08 Å². The predicted octanol–water partition coefficient (Wildman–Crippen LogP) is 5.87. The Morgan fingerprint density at radius 1 is 0.892 bits per heavy atom. The van der Waals surface area contributed by atoms with Crippen LogP contribution in [0, 0.1) is 0 Å². The third-order valence-corrected chi connectivity index (χ3v) is 14.8. The largest absolute Gasteiger partial charge is 0.610 e. The van der Waals surface area contributed by atoms with E-state index >= 15 is 0 Å². The van der Waals surface area contributed by atoms with E-state index in [4.69, 9.17) is 19.6 Å². The van der Waals surface area contributed by atoms with Crippen LogP contribution in [0.4, 0.5) is 4.79 Å². The van der Waals surface area contributed by atoms with Crippen LogP contribution < -0.4 is 5.32 Å². The third-order valence-electron chi connectivity index (χ3n) is 2.76. The first-order valence-corrected chi connectivity index (χ1v) is 23.2. The van der Waals surface area contributed by atoms with Gasteiger partial charge in [0.05, 0.1) is 23.6 Å². The van der Waals surface area contributed by atoms with Crippen LogP contribution in [0.1, 0.15) is 0 Å². The summed E-state index contributed by atoms with van der Waals surface area (Å²) in [7, 11) is 0. The number of carbonyl (C=O) groups excluding carboxylic acids is 1. The van der Waals surface area contributed by atoms with Crippen LogP contribution in [0.2, 0.25) is 0 Å². The zero-order valence-electron chi connectivity index (χ0n) is 20.2. The maximum absolute atomic E-state index is 11.7. The first-order chi connectivity index (χ1) is 18.2. The minimum absolute atomic E-state index is 0.0864. The van der Waals surface area contributed by atoms with Crippen molar-refractivity contribution in [3.8, 4) is 0 Å². The van der Waals surface area contributed by atoms with E-state index in [9.17, 15) is 9.35 Å². The van der Waals surface area contributed by atoms with Gasteiger partial charge in [-0.25, -0.2) is 14.8 Å². The maximum Gasteiger partial charge on any atom is 0.408 e. The van der Waals surface area contributed by atoms with Crippen molar-refractivity contribution < 1.29 is 29.0 Å². The lowest BCUT2D eigenvalue weighted by Gasteiger charge is -2.06. The normalized spacial score (nSPS) is 12.4. The van der Waals surface area contributed by atoms with Crippen LogP contribution in [0.3, 0.4) is 0 Å². The number of ether oxygens (including phenoxy) is 1. The fraction of sp³-hybridized carbons (Fsp3) is 0.824. The molecule has 2 N–H and O–H groups in total. The number of hydrogen-bond acceptors (Lipinski definition) is 18. The van der Waals surface area contributed by atoms with E-state index in [0.717, 1.165) is 30.5 Å². The molecule has 1 atom stereocenters. The molecule has 0 heterocycles. The Labute approximate surface area is 265 Å². The van der Waals surface area contributed by atoms with E-state index in [1.165, 1.54) is 35.5 Å². The van der Waals surface area contributed by atoms with Gasteiger partial charge in [-0.15, -0.1) is 94.1 Å². The number of thioether (sulfide) groups is 10. The lowest BCUT2D eigenvalue weighted by molar-refractivity contribution is -0.196. The summed E-state index contributed by atoms with van der Waals surface area (Å²) in [6.07, 6.45) is 2.97. The lowest BCUT2D eigenvalue weighted by atomic mass is 11.1. The summed E-state index contributed by atoms with van der Waals surface area (Å²) in [6.45, 7) is 0. The molecule has 37 heavy (non-hydrogen) atoms. The molecule has 0 saturated heterocycles. The molecule has 1 unspecified atom stereocenters. The van der Waals surface area contributed by atoms with E-state index in [2.05, 4.69) is 21.6 Å². The van der Waals surface area contributed by atoms with E-state index in [-0.39, 0.29) is 5.94 Å². The summed E-state index contributed by atoms with van der Waals surface area (Å²) in [5.74, 6) is 2.57. The summed E-state index contributed by atoms with van der Waals surface area (Å²) in [4.78, 5) is 29.7. The number of alkyl carbamates (subject to hydrolysis) is 1. The summed E-state index contributed by atoms with van der Waals surface area (Å²) in [6, 6.07) is 0. The molecule has 0 aliphatic carbocycles. The Hall–Kier alpha value is 2.14. The number of carbonyl (C=O) groups is 1. The summed E-state index contributed by atoms with van der Waals surface area (Å²) < 4.78 is 16.8. The lowest BCUT2D eigenvalue weighted by Crippen LogP contribution is -2.23. The second-order valence-electron chi connectivity index (χ2n) is 5.50. The number of nitrogens with zero attached hydrogens (tertiary/aromatic N) is 2. The molecule has 9 nitrogen and oxygen atoms in total. The number of aliphatic hydroxyl groups is 1. The first kappa shape index (κ1) is 39.1. The molecule has 20 heteroatoms. The molecule has 0 fully saturated rings. The Balaban J connectivity index is 3.29. The van der Waals surface area contributed by atoms with Crippen molar-refractivity contribution >= 4 is 147 Å². The second kappa shape index (κ2) is 34.3. The number of aliphatic hydroxyl groups excluding tert-OH is 1. The van der Waals surface area contributed by atoms with Gasteiger partial charge in [-0.2, -0.15) is 16.6 Å². The van der Waals surface area contributed by atoms with E-state index in [1.54, 1.807) is 94.1 Å². The highest BCUT2D eigenvalue weighted by Gasteiger charge is 2.03. The van der Waals surface area contributed by atoms with Crippen LogP contribution in [0.25, 0.3) is 0 Å². The van der Waals surface area contributed by atoms with Crippen molar-refractivity contribution in [1.29, 1.82) is 0 Å². The van der Waals surface area contributed by atoms with Crippen molar-refractivity contribution in [1.82, 2.24) is 5.32 Å². The molecule has 1 amide bonds. The smallest absolute Gasteiger partial charge is 0.408 e. The SMILES string of the molecule is CSCSC/N=C/OOCSCSCSCOC(=O)NCSCSCSC/N=C/[S+]([O-])CSCSCO. The van der Waals surface area contributed by atoms with Crippen molar-refractivity contribution in [2.75, 3.05) is 77.3 Å². The van der Waals surface area contributed by atoms with Crippen LogP contribution in [0.5, 0.6) is 0 Å². The van der Waals surface area contributed by atoms with Crippen molar-refractivity contribution in [2.24, 2.45) is 9.98 Å². The molecule has 0 aromatic heterocycles. The fourth-order valence-corrected chi connectivity index (χ4v) is 11.0. The fourth-order valence-electron chi connectivity index (χ4n) is 1.44. The van der Waals surface area contributed by atoms with Gasteiger partial charge < -0.3 is 24.6 Å². The minimum atomic E-state index is -1.06. The van der Waals surface area contributed by atoms with Gasteiger partial charge in [0.2, 0.25) is 11.9 Å². The Bertz CT molecular complexity index is 561. The molecule has 0 aliphatic heterocycles. The highest BCUT2D eigenvalue weighted by Crippen LogP contribution is 2.19.